The van der Waals surface area contributed by atoms with Crippen LogP contribution in [0.4, 0.5) is 4.39 Å². The SMILES string of the molecule is Cc1cc(C23CC(CO)(C2)C3)ccc1F. The zero-order chi connectivity index (χ0) is 10.7. The molecule has 80 valence electrons. The van der Waals surface area contributed by atoms with E-state index in [0.717, 1.165) is 24.8 Å². The Morgan fingerprint density at radius 1 is 1.33 bits per heavy atom. The number of halogens is 1. The molecule has 0 amide bonds. The fraction of sp³-hybridized carbons (Fsp3) is 0.538. The van der Waals surface area contributed by atoms with Gasteiger partial charge in [0.2, 0.25) is 0 Å². The maximum atomic E-state index is 13.1. The lowest BCUT2D eigenvalue weighted by Gasteiger charge is -2.70. The second-order valence-electron chi connectivity index (χ2n) is 5.43. The van der Waals surface area contributed by atoms with Gasteiger partial charge in [-0.05, 0) is 54.2 Å². The van der Waals surface area contributed by atoms with Crippen LogP contribution in [-0.2, 0) is 5.41 Å². The molecule has 15 heavy (non-hydrogen) atoms. The molecule has 1 N–H and O–H groups in total. The Kier molecular flexibility index (Phi) is 1.63. The molecule has 0 radical (unpaired) electrons. The summed E-state index contributed by atoms with van der Waals surface area (Å²) in [5.74, 6) is -0.123. The van der Waals surface area contributed by atoms with Gasteiger partial charge >= 0.3 is 0 Å². The van der Waals surface area contributed by atoms with E-state index in [1.807, 2.05) is 19.1 Å². The van der Waals surface area contributed by atoms with Gasteiger partial charge in [-0.3, -0.25) is 0 Å². The van der Waals surface area contributed by atoms with Crippen LogP contribution < -0.4 is 0 Å². The van der Waals surface area contributed by atoms with Gasteiger partial charge in [-0.25, -0.2) is 4.39 Å². The van der Waals surface area contributed by atoms with E-state index in [-0.39, 0.29) is 16.6 Å². The van der Waals surface area contributed by atoms with Gasteiger partial charge in [0.25, 0.3) is 0 Å². The van der Waals surface area contributed by atoms with Crippen LogP contribution in [0.25, 0.3) is 0 Å². The number of benzene rings is 1. The fourth-order valence-corrected chi connectivity index (χ4v) is 3.45. The van der Waals surface area contributed by atoms with Crippen molar-refractivity contribution < 1.29 is 9.50 Å². The summed E-state index contributed by atoms with van der Waals surface area (Å²) in [5, 5.41) is 9.18. The van der Waals surface area contributed by atoms with Crippen LogP contribution in [0, 0.1) is 18.2 Å². The first-order valence-corrected chi connectivity index (χ1v) is 5.47. The van der Waals surface area contributed by atoms with E-state index in [4.69, 9.17) is 0 Å². The van der Waals surface area contributed by atoms with Crippen molar-refractivity contribution in [1.82, 2.24) is 0 Å². The molecule has 0 aromatic heterocycles. The van der Waals surface area contributed by atoms with Gasteiger partial charge in [-0.15, -0.1) is 0 Å². The first kappa shape index (κ1) is 9.34. The first-order valence-electron chi connectivity index (χ1n) is 5.47. The Hall–Kier alpha value is -0.890. The summed E-state index contributed by atoms with van der Waals surface area (Å²) in [4.78, 5) is 0. The number of rotatable bonds is 2. The highest BCUT2D eigenvalue weighted by Gasteiger charge is 2.67. The van der Waals surface area contributed by atoms with E-state index in [9.17, 15) is 9.50 Å². The molecule has 0 aliphatic heterocycles. The topological polar surface area (TPSA) is 20.2 Å². The molecule has 1 aromatic carbocycles. The third kappa shape index (κ3) is 1.06. The van der Waals surface area contributed by atoms with Crippen LogP contribution in [0.3, 0.4) is 0 Å². The number of aliphatic hydroxyl groups is 1. The van der Waals surface area contributed by atoms with Crippen molar-refractivity contribution in [1.29, 1.82) is 0 Å². The lowest BCUT2D eigenvalue weighted by molar-refractivity contribution is -0.167. The molecule has 0 atom stereocenters. The molecular weight excluding hydrogens is 191 g/mol. The number of aryl methyl sites for hydroxylation is 1. The summed E-state index contributed by atoms with van der Waals surface area (Å²) in [7, 11) is 0. The lowest BCUT2D eigenvalue weighted by atomic mass is 9.34. The molecule has 2 bridgehead atoms. The standard InChI is InChI=1S/C13H15FO/c1-9-4-10(2-3-11(9)14)13-5-12(6-13,7-13)8-15/h2-4,15H,5-8H2,1H3. The lowest BCUT2D eigenvalue weighted by Crippen LogP contribution is -2.66. The molecular formula is C13H15FO. The van der Waals surface area contributed by atoms with E-state index < -0.39 is 0 Å². The van der Waals surface area contributed by atoms with Gasteiger partial charge in [-0.1, -0.05) is 12.1 Å². The Labute approximate surface area is 88.9 Å². The molecule has 3 fully saturated rings. The Bertz CT molecular complexity index is 405. The molecule has 3 aliphatic rings. The summed E-state index contributed by atoms with van der Waals surface area (Å²) in [6.45, 7) is 2.13. The summed E-state index contributed by atoms with van der Waals surface area (Å²) in [5.41, 5.74) is 2.50. The van der Waals surface area contributed by atoms with E-state index in [0.29, 0.717) is 6.61 Å². The van der Waals surface area contributed by atoms with Crippen LogP contribution in [0.2, 0.25) is 0 Å². The van der Waals surface area contributed by atoms with Gasteiger partial charge in [0.1, 0.15) is 5.82 Å². The highest BCUT2D eigenvalue weighted by molar-refractivity contribution is 5.40. The molecule has 0 heterocycles. The molecule has 1 nitrogen and oxygen atoms in total. The molecule has 0 unspecified atom stereocenters. The van der Waals surface area contributed by atoms with Crippen LogP contribution in [0.5, 0.6) is 0 Å². The van der Waals surface area contributed by atoms with Crippen LogP contribution >= 0.6 is 0 Å². The van der Waals surface area contributed by atoms with Crippen LogP contribution in [0.1, 0.15) is 30.4 Å². The largest absolute Gasteiger partial charge is 0.396 e. The van der Waals surface area contributed by atoms with Gasteiger partial charge in [0, 0.05) is 6.61 Å². The summed E-state index contributed by atoms with van der Waals surface area (Å²) >= 11 is 0. The van der Waals surface area contributed by atoms with Gasteiger partial charge in [0.15, 0.2) is 0 Å². The zero-order valence-electron chi connectivity index (χ0n) is 8.89. The van der Waals surface area contributed by atoms with Gasteiger partial charge in [0.05, 0.1) is 0 Å². The maximum absolute atomic E-state index is 13.1. The maximum Gasteiger partial charge on any atom is 0.126 e. The predicted octanol–water partition coefficient (Wildman–Crippen LogP) is 2.55. The van der Waals surface area contributed by atoms with E-state index >= 15 is 0 Å². The van der Waals surface area contributed by atoms with Gasteiger partial charge in [-0.2, -0.15) is 0 Å². The minimum atomic E-state index is -0.123. The Morgan fingerprint density at radius 3 is 2.53 bits per heavy atom. The van der Waals surface area contributed by atoms with Crippen molar-refractivity contribution >= 4 is 0 Å². The van der Waals surface area contributed by atoms with Crippen molar-refractivity contribution in [2.45, 2.75) is 31.6 Å². The van der Waals surface area contributed by atoms with Crippen LogP contribution in [-0.4, -0.2) is 11.7 Å². The highest BCUT2D eigenvalue weighted by Crippen LogP contribution is 2.73. The number of hydrogen-bond acceptors (Lipinski definition) is 1. The van der Waals surface area contributed by atoms with E-state index in [2.05, 4.69) is 0 Å². The molecule has 0 spiro atoms. The highest BCUT2D eigenvalue weighted by atomic mass is 19.1. The summed E-state index contributed by atoms with van der Waals surface area (Å²) < 4.78 is 13.1. The van der Waals surface area contributed by atoms with Crippen molar-refractivity contribution in [2.75, 3.05) is 6.61 Å². The fourth-order valence-electron chi connectivity index (χ4n) is 3.45. The normalized spacial score (nSPS) is 37.0. The average Bonchev–Trinajstić information content (AvgIpc) is 2.07. The molecule has 3 aliphatic carbocycles. The Morgan fingerprint density at radius 2 is 2.00 bits per heavy atom. The van der Waals surface area contributed by atoms with Crippen LogP contribution in [0.15, 0.2) is 18.2 Å². The second kappa shape index (κ2) is 2.62. The second-order valence-corrected chi connectivity index (χ2v) is 5.43. The smallest absolute Gasteiger partial charge is 0.126 e. The third-order valence-corrected chi connectivity index (χ3v) is 4.25. The molecule has 1 aromatic rings. The average molecular weight is 206 g/mol. The van der Waals surface area contributed by atoms with Gasteiger partial charge < -0.3 is 5.11 Å². The van der Waals surface area contributed by atoms with Crippen molar-refractivity contribution in [3.05, 3.63) is 35.1 Å². The van der Waals surface area contributed by atoms with E-state index in [1.54, 1.807) is 6.07 Å². The quantitative estimate of drug-likeness (QED) is 0.788. The predicted molar refractivity (Wildman–Crippen MR) is 56.2 cm³/mol. The van der Waals surface area contributed by atoms with E-state index in [1.165, 1.54) is 5.56 Å². The minimum Gasteiger partial charge on any atom is -0.396 e. The third-order valence-electron chi connectivity index (χ3n) is 4.25. The van der Waals surface area contributed by atoms with Crippen molar-refractivity contribution in [3.63, 3.8) is 0 Å². The minimum absolute atomic E-state index is 0.123. The number of hydrogen-bond donors (Lipinski definition) is 1. The molecule has 2 heteroatoms. The summed E-state index contributed by atoms with van der Waals surface area (Å²) in [6.07, 6.45) is 3.25. The number of aliphatic hydroxyl groups excluding tert-OH is 1. The molecule has 0 saturated heterocycles. The van der Waals surface area contributed by atoms with Crippen molar-refractivity contribution in [3.8, 4) is 0 Å². The first-order chi connectivity index (χ1) is 7.09. The van der Waals surface area contributed by atoms with Crippen molar-refractivity contribution in [2.24, 2.45) is 5.41 Å². The molecule has 3 saturated carbocycles. The monoisotopic (exact) mass is 206 g/mol. The summed E-state index contributed by atoms with van der Waals surface area (Å²) in [6, 6.07) is 5.44. The molecule has 4 rings (SSSR count). The zero-order valence-corrected chi connectivity index (χ0v) is 8.89. The Balaban J connectivity index is 1.88.